The van der Waals surface area contributed by atoms with Gasteiger partial charge in [-0.1, -0.05) is 0 Å². The number of ether oxygens (including phenoxy) is 3. The third kappa shape index (κ3) is 6.09. The molecule has 1 saturated heterocycles. The molecular weight excluding hydrogens is 456 g/mol. The molecule has 178 valence electrons. The summed E-state index contributed by atoms with van der Waals surface area (Å²) in [5.41, 5.74) is 0.914. The maximum absolute atomic E-state index is 12.8. The number of amides is 2. The fraction of sp³-hybridized carbons (Fsp3) is 0.333. The van der Waals surface area contributed by atoms with Crippen LogP contribution in [-0.2, 0) is 4.74 Å². The molecule has 2 amide bonds. The van der Waals surface area contributed by atoms with Gasteiger partial charge < -0.3 is 19.1 Å². The number of hydrogen-bond donors (Lipinski definition) is 1. The van der Waals surface area contributed by atoms with Crippen molar-refractivity contribution >= 4 is 28.3 Å². The smallest absolute Gasteiger partial charge is 0.257 e. The molecule has 34 heavy (non-hydrogen) atoms. The first-order chi connectivity index (χ1) is 16.5. The Bertz CT molecular complexity index is 1110. The molecule has 0 bridgehead atoms. The number of anilines is 1. The number of likely N-dealkylation sites (tertiary alicyclic amines) is 1. The average Bonchev–Trinajstić information content (AvgIpc) is 3.54. The van der Waals surface area contributed by atoms with Gasteiger partial charge in [0.2, 0.25) is 11.8 Å². The molecule has 1 aromatic carbocycles. The van der Waals surface area contributed by atoms with Crippen LogP contribution < -0.4 is 14.8 Å². The number of thiazole rings is 1. The lowest BCUT2D eigenvalue weighted by atomic mass is 10.2. The normalized spacial score (nSPS) is 14.0. The van der Waals surface area contributed by atoms with E-state index in [2.05, 4.69) is 15.3 Å². The van der Waals surface area contributed by atoms with Crippen LogP contribution in [0.15, 0.2) is 48.0 Å². The maximum Gasteiger partial charge on any atom is 0.257 e. The molecule has 3 heterocycles. The van der Waals surface area contributed by atoms with Gasteiger partial charge in [0.25, 0.3) is 11.8 Å². The van der Waals surface area contributed by atoms with Crippen molar-refractivity contribution in [2.75, 3.05) is 32.1 Å². The molecule has 1 aliphatic rings. The average molecular weight is 483 g/mol. The molecule has 0 radical (unpaired) electrons. The van der Waals surface area contributed by atoms with Crippen LogP contribution in [-0.4, -0.2) is 59.6 Å². The fourth-order valence-corrected chi connectivity index (χ4v) is 4.07. The highest BCUT2D eigenvalue weighted by atomic mass is 32.1. The van der Waals surface area contributed by atoms with Crippen LogP contribution in [0.5, 0.6) is 17.5 Å². The van der Waals surface area contributed by atoms with Crippen LogP contribution in [0.4, 0.5) is 5.13 Å². The lowest BCUT2D eigenvalue weighted by Gasteiger charge is -2.16. The minimum absolute atomic E-state index is 0.0193. The minimum Gasteiger partial charge on any atom is -0.472 e. The zero-order chi connectivity index (χ0) is 23.9. The summed E-state index contributed by atoms with van der Waals surface area (Å²) in [7, 11) is 1.58. The Morgan fingerprint density at radius 2 is 1.85 bits per heavy atom. The Hall–Kier alpha value is -3.50. The van der Waals surface area contributed by atoms with Crippen molar-refractivity contribution in [1.29, 1.82) is 0 Å². The van der Waals surface area contributed by atoms with E-state index in [4.69, 9.17) is 14.2 Å². The minimum atomic E-state index is -0.363. The van der Waals surface area contributed by atoms with Crippen LogP contribution >= 0.6 is 11.3 Å². The van der Waals surface area contributed by atoms with Crippen molar-refractivity contribution in [1.82, 2.24) is 14.9 Å². The second kappa shape index (κ2) is 11.1. The molecule has 10 heteroatoms. The Kier molecular flexibility index (Phi) is 7.71. The van der Waals surface area contributed by atoms with E-state index >= 15 is 0 Å². The summed E-state index contributed by atoms with van der Waals surface area (Å²) in [5, 5.41) is 5.00. The summed E-state index contributed by atoms with van der Waals surface area (Å²) in [4.78, 5) is 35.7. The molecule has 1 atom stereocenters. The second-order valence-electron chi connectivity index (χ2n) is 7.83. The molecule has 4 rings (SSSR count). The Morgan fingerprint density at radius 1 is 1.12 bits per heavy atom. The Labute approximate surface area is 201 Å². The standard InChI is InChI=1S/C24H26N4O5S/c1-16(15-31-2)32-20-13-18(22(29)27-24-25-9-12-34-24)14-21(26-20)33-19-7-5-17(6-8-19)23(30)28-10-3-4-11-28/h5-9,12-14,16H,3-4,10-11,15H2,1-2H3,(H,25,27,29)/t16-/m1/s1. The lowest BCUT2D eigenvalue weighted by Crippen LogP contribution is -2.27. The number of nitrogens with zero attached hydrogens (tertiary/aromatic N) is 3. The molecule has 0 aliphatic carbocycles. The van der Waals surface area contributed by atoms with Gasteiger partial charge in [0, 0.05) is 49.5 Å². The van der Waals surface area contributed by atoms with Crippen molar-refractivity contribution in [2.45, 2.75) is 25.9 Å². The quantitative estimate of drug-likeness (QED) is 0.487. The number of aromatic nitrogens is 2. The highest BCUT2D eigenvalue weighted by molar-refractivity contribution is 7.13. The van der Waals surface area contributed by atoms with Crippen LogP contribution in [0.25, 0.3) is 0 Å². The van der Waals surface area contributed by atoms with E-state index in [-0.39, 0.29) is 29.7 Å². The Balaban J connectivity index is 1.53. The van der Waals surface area contributed by atoms with E-state index < -0.39 is 0 Å². The van der Waals surface area contributed by atoms with Crippen molar-refractivity contribution in [2.24, 2.45) is 0 Å². The highest BCUT2D eigenvalue weighted by Crippen LogP contribution is 2.26. The second-order valence-corrected chi connectivity index (χ2v) is 8.73. The first kappa shape index (κ1) is 23.7. The largest absolute Gasteiger partial charge is 0.472 e. The van der Waals surface area contributed by atoms with Crippen molar-refractivity contribution in [3.8, 4) is 17.5 Å². The number of benzene rings is 1. The number of methoxy groups -OCH3 is 1. The number of carbonyl (C=O) groups is 2. The number of nitrogens with one attached hydrogen (secondary N) is 1. The topological polar surface area (TPSA) is 103 Å². The van der Waals surface area contributed by atoms with Gasteiger partial charge in [-0.3, -0.25) is 14.9 Å². The highest BCUT2D eigenvalue weighted by Gasteiger charge is 2.20. The van der Waals surface area contributed by atoms with Gasteiger partial charge in [0.1, 0.15) is 11.9 Å². The number of hydrogen-bond acceptors (Lipinski definition) is 8. The molecule has 3 aromatic rings. The monoisotopic (exact) mass is 482 g/mol. The molecule has 2 aromatic heterocycles. The summed E-state index contributed by atoms with van der Waals surface area (Å²) < 4.78 is 16.8. The van der Waals surface area contributed by atoms with Gasteiger partial charge in [0.05, 0.1) is 12.2 Å². The maximum atomic E-state index is 12.8. The fourth-order valence-electron chi connectivity index (χ4n) is 3.54. The summed E-state index contributed by atoms with van der Waals surface area (Å²) in [6.07, 6.45) is 3.41. The van der Waals surface area contributed by atoms with Crippen molar-refractivity contribution in [3.05, 3.63) is 59.1 Å². The summed E-state index contributed by atoms with van der Waals surface area (Å²) in [6, 6.07) is 9.95. The van der Waals surface area contributed by atoms with Crippen molar-refractivity contribution < 1.29 is 23.8 Å². The molecule has 1 fully saturated rings. The lowest BCUT2D eigenvalue weighted by molar-refractivity contribution is 0.0792. The first-order valence-electron chi connectivity index (χ1n) is 11.0. The van der Waals surface area contributed by atoms with E-state index in [9.17, 15) is 9.59 Å². The van der Waals surface area contributed by atoms with Crippen LogP contribution in [0.2, 0.25) is 0 Å². The number of carbonyl (C=O) groups excluding carboxylic acids is 2. The van der Waals surface area contributed by atoms with E-state index in [1.807, 2.05) is 11.8 Å². The van der Waals surface area contributed by atoms with Gasteiger partial charge >= 0.3 is 0 Å². The van der Waals surface area contributed by atoms with Gasteiger partial charge in [-0.25, -0.2) is 4.98 Å². The summed E-state index contributed by atoms with van der Waals surface area (Å²) in [6.45, 7) is 3.78. The van der Waals surface area contributed by atoms with Crippen molar-refractivity contribution in [3.63, 3.8) is 0 Å². The molecular formula is C24H26N4O5S. The molecule has 0 spiro atoms. The SMILES string of the molecule is COC[C@@H](C)Oc1cc(C(=O)Nc2nccs2)cc(Oc2ccc(C(=O)N3CCCC3)cc2)n1. The summed E-state index contributed by atoms with van der Waals surface area (Å²) >= 11 is 1.32. The molecule has 1 aliphatic heterocycles. The zero-order valence-corrected chi connectivity index (χ0v) is 19.8. The zero-order valence-electron chi connectivity index (χ0n) is 19.0. The third-order valence-corrected chi connectivity index (χ3v) is 5.82. The Morgan fingerprint density at radius 3 is 2.53 bits per heavy atom. The first-order valence-corrected chi connectivity index (χ1v) is 11.9. The van der Waals surface area contributed by atoms with Gasteiger partial charge in [-0.05, 0) is 44.0 Å². The molecule has 9 nitrogen and oxygen atoms in total. The molecule has 0 unspecified atom stereocenters. The summed E-state index contributed by atoms with van der Waals surface area (Å²) in [5.74, 6) is 0.555. The van der Waals surface area contributed by atoms with E-state index in [1.165, 1.54) is 17.4 Å². The van der Waals surface area contributed by atoms with Gasteiger partial charge in [-0.2, -0.15) is 4.98 Å². The van der Waals surface area contributed by atoms with Gasteiger partial charge in [0.15, 0.2) is 5.13 Å². The van der Waals surface area contributed by atoms with Crippen LogP contribution in [0.1, 0.15) is 40.5 Å². The van der Waals surface area contributed by atoms with Crippen LogP contribution in [0, 0.1) is 0 Å². The molecule has 1 N–H and O–H groups in total. The molecule has 0 saturated carbocycles. The third-order valence-electron chi connectivity index (χ3n) is 5.13. The van der Waals surface area contributed by atoms with E-state index in [0.29, 0.717) is 28.6 Å². The number of rotatable bonds is 9. The van der Waals surface area contributed by atoms with Crippen LogP contribution in [0.3, 0.4) is 0 Å². The predicted octanol–water partition coefficient (Wildman–Crippen LogP) is 4.23. The van der Waals surface area contributed by atoms with E-state index in [1.54, 1.807) is 49.0 Å². The number of pyridine rings is 1. The predicted molar refractivity (Wildman–Crippen MR) is 128 cm³/mol. The van der Waals surface area contributed by atoms with E-state index in [0.717, 1.165) is 25.9 Å². The van der Waals surface area contributed by atoms with Gasteiger partial charge in [-0.15, -0.1) is 11.3 Å².